The van der Waals surface area contributed by atoms with Crippen LogP contribution in [-0.4, -0.2) is 6.54 Å². The molecule has 242 valence electrons. The van der Waals surface area contributed by atoms with Gasteiger partial charge in [0.2, 0.25) is 0 Å². The summed E-state index contributed by atoms with van der Waals surface area (Å²) in [5.74, 6) is 0. The highest BCUT2D eigenvalue weighted by molar-refractivity contribution is 5.98. The van der Waals surface area contributed by atoms with Gasteiger partial charge in [0.1, 0.15) is 0 Å². The van der Waals surface area contributed by atoms with Gasteiger partial charge in [-0.2, -0.15) is 0 Å². The van der Waals surface area contributed by atoms with Gasteiger partial charge in [-0.15, -0.1) is 0 Å². The monoisotopic (exact) mass is 637 g/mol. The van der Waals surface area contributed by atoms with E-state index in [1.54, 1.807) is 0 Å². The second-order valence-electron chi connectivity index (χ2n) is 13.3. The summed E-state index contributed by atoms with van der Waals surface area (Å²) in [4.78, 5) is 0. The van der Waals surface area contributed by atoms with E-state index in [0.29, 0.717) is 6.54 Å². The van der Waals surface area contributed by atoms with Crippen molar-refractivity contribution in [2.75, 3.05) is 6.54 Å². The quantitative estimate of drug-likeness (QED) is 0.103. The minimum atomic E-state index is -0.325. The number of fused-ring (bicyclic) bond motifs is 4. The lowest BCUT2D eigenvalue weighted by Crippen LogP contribution is -2.31. The molecule has 6 aromatic rings. The highest BCUT2D eigenvalue weighted by Crippen LogP contribution is 2.53. The third-order valence-corrected chi connectivity index (χ3v) is 9.73. The molecule has 0 saturated carbocycles. The molecule has 0 aliphatic heterocycles. The lowest BCUT2D eigenvalue weighted by atomic mass is 9.81. The molecular formula is C46H43N3. The summed E-state index contributed by atoms with van der Waals surface area (Å²) < 4.78 is 0. The SMILES string of the molecule is CC1(C)c2cc3ccccc3cc2-c2c(-c3ccc(/C=C/C(NC(N)c4ccccc4)c4cccc(/C=C/C=C\CN)c4)cc3)cccc21. The maximum Gasteiger partial charge on any atom is 0.0817 e. The number of allylic oxidation sites excluding steroid dienone is 2. The van der Waals surface area contributed by atoms with Crippen LogP contribution in [0.5, 0.6) is 0 Å². The van der Waals surface area contributed by atoms with Crippen LogP contribution < -0.4 is 16.8 Å². The van der Waals surface area contributed by atoms with E-state index in [9.17, 15) is 0 Å². The fourth-order valence-corrected chi connectivity index (χ4v) is 7.09. The van der Waals surface area contributed by atoms with Crippen LogP contribution in [0.4, 0.5) is 0 Å². The fourth-order valence-electron chi connectivity index (χ4n) is 7.09. The Morgan fingerprint density at radius 2 is 1.35 bits per heavy atom. The first kappa shape index (κ1) is 32.2. The van der Waals surface area contributed by atoms with Crippen molar-refractivity contribution in [2.45, 2.75) is 31.5 Å². The Kier molecular flexibility index (Phi) is 9.23. The molecule has 5 N–H and O–H groups in total. The molecule has 0 bridgehead atoms. The number of rotatable bonds is 10. The maximum atomic E-state index is 6.69. The van der Waals surface area contributed by atoms with Crippen molar-refractivity contribution >= 4 is 22.9 Å². The zero-order valence-electron chi connectivity index (χ0n) is 28.2. The van der Waals surface area contributed by atoms with E-state index < -0.39 is 0 Å². The van der Waals surface area contributed by atoms with Crippen molar-refractivity contribution in [2.24, 2.45) is 11.5 Å². The van der Waals surface area contributed by atoms with Gasteiger partial charge in [0.25, 0.3) is 0 Å². The summed E-state index contributed by atoms with van der Waals surface area (Å²) in [7, 11) is 0. The minimum Gasteiger partial charge on any atom is -0.327 e. The third-order valence-electron chi connectivity index (χ3n) is 9.73. The van der Waals surface area contributed by atoms with Gasteiger partial charge in [-0.1, -0.05) is 166 Å². The molecule has 0 heterocycles. The van der Waals surface area contributed by atoms with Gasteiger partial charge in [0.05, 0.1) is 12.2 Å². The van der Waals surface area contributed by atoms with E-state index >= 15 is 0 Å². The Bertz CT molecular complexity index is 2170. The predicted molar refractivity (Wildman–Crippen MR) is 209 cm³/mol. The van der Waals surface area contributed by atoms with Crippen molar-refractivity contribution in [1.29, 1.82) is 0 Å². The summed E-state index contributed by atoms with van der Waals surface area (Å²) in [5, 5.41) is 6.22. The molecule has 0 spiro atoms. The van der Waals surface area contributed by atoms with E-state index in [4.69, 9.17) is 11.5 Å². The molecule has 6 aromatic carbocycles. The average Bonchev–Trinajstić information content (AvgIpc) is 3.36. The van der Waals surface area contributed by atoms with Gasteiger partial charge in [-0.3, -0.25) is 5.32 Å². The lowest BCUT2D eigenvalue weighted by Gasteiger charge is -2.22. The van der Waals surface area contributed by atoms with Crippen LogP contribution in [-0.2, 0) is 5.41 Å². The zero-order valence-corrected chi connectivity index (χ0v) is 28.2. The first-order valence-corrected chi connectivity index (χ1v) is 17.1. The highest BCUT2D eigenvalue weighted by Gasteiger charge is 2.37. The molecule has 2 unspecified atom stereocenters. The van der Waals surface area contributed by atoms with Crippen LogP contribution in [0.1, 0.15) is 59.4 Å². The van der Waals surface area contributed by atoms with Gasteiger partial charge in [-0.25, -0.2) is 0 Å². The Labute approximate surface area is 290 Å². The van der Waals surface area contributed by atoms with Crippen LogP contribution >= 0.6 is 0 Å². The van der Waals surface area contributed by atoms with Gasteiger partial charge < -0.3 is 11.5 Å². The lowest BCUT2D eigenvalue weighted by molar-refractivity contribution is 0.509. The molecule has 0 amide bonds. The third kappa shape index (κ3) is 6.70. The number of hydrogen-bond acceptors (Lipinski definition) is 3. The molecule has 0 radical (unpaired) electrons. The molecule has 0 aromatic heterocycles. The van der Waals surface area contributed by atoms with Crippen LogP contribution in [0.2, 0.25) is 0 Å². The first-order valence-electron chi connectivity index (χ1n) is 17.1. The van der Waals surface area contributed by atoms with Crippen molar-refractivity contribution in [3.8, 4) is 22.3 Å². The van der Waals surface area contributed by atoms with Gasteiger partial charge in [0.15, 0.2) is 0 Å². The molecule has 49 heavy (non-hydrogen) atoms. The summed E-state index contributed by atoms with van der Waals surface area (Å²) in [6.07, 6.45) is 12.1. The first-order chi connectivity index (χ1) is 23.9. The molecule has 3 heteroatoms. The Hall–Kier alpha value is -5.32. The number of nitrogens with one attached hydrogen (secondary N) is 1. The molecule has 1 aliphatic carbocycles. The average molecular weight is 638 g/mol. The smallest absolute Gasteiger partial charge is 0.0817 e. The van der Waals surface area contributed by atoms with E-state index in [1.165, 1.54) is 44.2 Å². The standard InChI is InChI=1S/C46H43N3/c1-46(2)41-21-12-20-39(44(41)40-30-36-17-8-9-18-37(36)31-42(40)46)34-25-22-32(23-26-34)24-27-43(49-45(48)35-15-6-3-7-16-35)38-19-11-14-33(29-38)13-5-4-10-28-47/h3-27,29-31,43,45,49H,28,47-48H2,1-2H3/b10-4-,13-5+,27-24+. The minimum absolute atomic E-state index is 0.0652. The predicted octanol–water partition coefficient (Wildman–Crippen LogP) is 10.3. The molecule has 0 saturated heterocycles. The second-order valence-corrected chi connectivity index (χ2v) is 13.3. The summed E-state index contributed by atoms with van der Waals surface area (Å²) in [6.45, 7) is 5.23. The summed E-state index contributed by atoms with van der Waals surface area (Å²) in [6, 6.07) is 47.8. The number of hydrogen-bond donors (Lipinski definition) is 3. The van der Waals surface area contributed by atoms with Crippen molar-refractivity contribution < 1.29 is 0 Å². The molecule has 1 aliphatic rings. The van der Waals surface area contributed by atoms with Crippen molar-refractivity contribution in [3.63, 3.8) is 0 Å². The molecule has 0 fully saturated rings. The highest BCUT2D eigenvalue weighted by atomic mass is 15.0. The van der Waals surface area contributed by atoms with E-state index in [-0.39, 0.29) is 17.6 Å². The molecule has 3 nitrogen and oxygen atoms in total. The van der Waals surface area contributed by atoms with E-state index in [1.807, 2.05) is 36.4 Å². The van der Waals surface area contributed by atoms with Crippen molar-refractivity contribution in [1.82, 2.24) is 5.32 Å². The largest absolute Gasteiger partial charge is 0.327 e. The normalized spacial score (nSPS) is 14.9. The maximum absolute atomic E-state index is 6.69. The molecule has 2 atom stereocenters. The van der Waals surface area contributed by atoms with Gasteiger partial charge in [0, 0.05) is 12.0 Å². The van der Waals surface area contributed by atoms with Gasteiger partial charge in [-0.05, 0) is 84.6 Å². The molecular weight excluding hydrogens is 595 g/mol. The molecule has 7 rings (SSSR count). The van der Waals surface area contributed by atoms with E-state index in [2.05, 4.69) is 153 Å². The van der Waals surface area contributed by atoms with E-state index in [0.717, 1.165) is 22.3 Å². The van der Waals surface area contributed by atoms with Crippen LogP contribution in [0.3, 0.4) is 0 Å². The van der Waals surface area contributed by atoms with Crippen LogP contribution in [0.15, 0.2) is 158 Å². The number of nitrogens with two attached hydrogens (primary N) is 2. The zero-order chi connectivity index (χ0) is 33.8. The Morgan fingerprint density at radius 3 is 2.12 bits per heavy atom. The fraction of sp³-hybridized carbons (Fsp3) is 0.130. The van der Waals surface area contributed by atoms with Gasteiger partial charge >= 0.3 is 0 Å². The second kappa shape index (κ2) is 14.0. The number of benzene rings is 6. The topological polar surface area (TPSA) is 64.1 Å². The van der Waals surface area contributed by atoms with Crippen LogP contribution in [0.25, 0.3) is 45.2 Å². The summed E-state index contributed by atoms with van der Waals surface area (Å²) in [5.41, 5.74) is 24.6. The Balaban J connectivity index is 1.20. The van der Waals surface area contributed by atoms with Crippen LogP contribution in [0, 0.1) is 0 Å². The summed E-state index contributed by atoms with van der Waals surface area (Å²) >= 11 is 0. The van der Waals surface area contributed by atoms with Crippen molar-refractivity contribution in [3.05, 3.63) is 191 Å². The Morgan fingerprint density at radius 1 is 0.633 bits per heavy atom.